The second kappa shape index (κ2) is 10.1. The number of fused-ring (bicyclic) bond motifs is 2. The summed E-state index contributed by atoms with van der Waals surface area (Å²) in [6.45, 7) is 1.75. The summed E-state index contributed by atoms with van der Waals surface area (Å²) in [7, 11) is 0. The minimum absolute atomic E-state index is 0.178. The first-order chi connectivity index (χ1) is 17.4. The van der Waals surface area contributed by atoms with Crippen molar-refractivity contribution in [1.29, 1.82) is 0 Å². The number of hydrogen-bond acceptors (Lipinski definition) is 5. The molecule has 188 valence electrons. The molecule has 0 saturated carbocycles. The Morgan fingerprint density at radius 1 is 1.08 bits per heavy atom. The van der Waals surface area contributed by atoms with Gasteiger partial charge in [-0.1, -0.05) is 30.3 Å². The van der Waals surface area contributed by atoms with Crippen molar-refractivity contribution in [2.45, 2.75) is 57.8 Å². The van der Waals surface area contributed by atoms with E-state index in [1.54, 1.807) is 6.20 Å². The van der Waals surface area contributed by atoms with E-state index in [4.69, 9.17) is 0 Å². The van der Waals surface area contributed by atoms with Gasteiger partial charge in [-0.15, -0.1) is 0 Å². The molecule has 0 amide bonds. The summed E-state index contributed by atoms with van der Waals surface area (Å²) in [5.41, 5.74) is 4.02. The van der Waals surface area contributed by atoms with Gasteiger partial charge in [-0.2, -0.15) is 18.3 Å². The average molecular weight is 497 g/mol. The van der Waals surface area contributed by atoms with Gasteiger partial charge in [0.25, 0.3) is 0 Å². The third kappa shape index (κ3) is 5.27. The minimum Gasteiger partial charge on any atom is -0.351 e. The van der Waals surface area contributed by atoms with Crippen LogP contribution in [0.15, 0.2) is 48.9 Å². The van der Waals surface area contributed by atoms with Gasteiger partial charge in [0, 0.05) is 56.4 Å². The molecule has 0 saturated heterocycles. The number of benzene rings is 1. The van der Waals surface area contributed by atoms with E-state index in [1.165, 1.54) is 11.9 Å². The first-order valence-electron chi connectivity index (χ1n) is 12.1. The van der Waals surface area contributed by atoms with Gasteiger partial charge < -0.3 is 9.88 Å². The van der Waals surface area contributed by atoms with Gasteiger partial charge in [-0.3, -0.25) is 9.48 Å². The van der Waals surface area contributed by atoms with E-state index in [9.17, 15) is 18.0 Å². The van der Waals surface area contributed by atoms with Gasteiger partial charge in [0.15, 0.2) is 5.78 Å². The number of alkyl halides is 3. The number of aromatic amines is 1. The lowest BCUT2D eigenvalue weighted by atomic mass is 10.0. The average Bonchev–Trinajstić information content (AvgIpc) is 3.48. The number of H-pyrrole nitrogens is 1. The molecule has 0 spiro atoms. The van der Waals surface area contributed by atoms with Gasteiger partial charge in [0.2, 0.25) is 0 Å². The maximum absolute atomic E-state index is 13.0. The van der Waals surface area contributed by atoms with E-state index in [0.29, 0.717) is 26.1 Å². The van der Waals surface area contributed by atoms with Crippen molar-refractivity contribution < 1.29 is 18.0 Å². The molecule has 5 rings (SSSR count). The summed E-state index contributed by atoms with van der Waals surface area (Å²) < 4.78 is 39.8. The number of Topliss-reactive ketones (excluding diaryl/α,β-unsaturated/α-hetero) is 1. The summed E-state index contributed by atoms with van der Waals surface area (Å²) in [5.74, 6) is 0.424. The van der Waals surface area contributed by atoms with E-state index in [-0.39, 0.29) is 24.3 Å². The maximum atomic E-state index is 13.0. The third-order valence-electron chi connectivity index (χ3n) is 6.57. The molecule has 0 unspecified atom stereocenters. The van der Waals surface area contributed by atoms with Gasteiger partial charge in [0.1, 0.15) is 23.5 Å². The van der Waals surface area contributed by atoms with E-state index < -0.39 is 12.6 Å². The predicted octanol–water partition coefficient (Wildman–Crippen LogP) is 5.27. The van der Waals surface area contributed by atoms with E-state index >= 15 is 0 Å². The lowest BCUT2D eigenvalue weighted by Gasteiger charge is -2.29. The first kappa shape index (κ1) is 24.0. The normalized spacial score (nSPS) is 13.8. The Kier molecular flexibility index (Phi) is 6.75. The highest BCUT2D eigenvalue weighted by atomic mass is 19.4. The summed E-state index contributed by atoms with van der Waals surface area (Å²) in [6.07, 6.45) is 0.0276. The molecule has 4 aromatic rings. The molecule has 7 nitrogen and oxygen atoms in total. The smallest absolute Gasteiger partial charge is 0.351 e. The van der Waals surface area contributed by atoms with Crippen LogP contribution in [0.25, 0.3) is 11.0 Å². The molecule has 0 atom stereocenters. The number of aryl methyl sites for hydroxylation is 2. The van der Waals surface area contributed by atoms with Crippen molar-refractivity contribution in [2.75, 3.05) is 11.4 Å². The Morgan fingerprint density at radius 2 is 1.92 bits per heavy atom. The number of aromatic nitrogens is 5. The minimum atomic E-state index is -4.28. The Labute approximate surface area is 206 Å². The van der Waals surface area contributed by atoms with Crippen LogP contribution in [-0.2, 0) is 25.9 Å². The lowest BCUT2D eigenvalue weighted by Crippen LogP contribution is -2.32. The number of rotatable bonds is 9. The summed E-state index contributed by atoms with van der Waals surface area (Å²) >= 11 is 0. The van der Waals surface area contributed by atoms with Gasteiger partial charge in [-0.05, 0) is 30.9 Å². The zero-order chi connectivity index (χ0) is 25.1. The number of carbonyl (C=O) groups excluding carboxylic acids is 1. The molecule has 0 radical (unpaired) electrons. The quantitative estimate of drug-likeness (QED) is 0.320. The molecular formula is C26H27F3N6O. The van der Waals surface area contributed by atoms with Crippen LogP contribution in [0.5, 0.6) is 0 Å². The van der Waals surface area contributed by atoms with Crippen LogP contribution in [0.3, 0.4) is 0 Å². The van der Waals surface area contributed by atoms with Gasteiger partial charge in [0.05, 0.1) is 5.39 Å². The lowest BCUT2D eigenvalue weighted by molar-refractivity contribution is -0.135. The molecule has 1 aliphatic rings. The monoisotopic (exact) mass is 496 g/mol. The van der Waals surface area contributed by atoms with E-state index in [2.05, 4.69) is 37.1 Å². The number of ketones is 1. The van der Waals surface area contributed by atoms with Crippen LogP contribution in [0.2, 0.25) is 0 Å². The predicted molar refractivity (Wildman–Crippen MR) is 130 cm³/mol. The standard InChI is InChI=1S/C26H27F3N6O/c27-26(28,29)12-4-9-22(36)23-20-16-34(25-19-10-13-30-24(19)31-17-32-25)15-11-21(20)35(33-23)14-5-8-18-6-2-1-3-7-18/h1-3,6-7,10,13,17H,4-5,8-9,11-12,14-16H2,(H,30,31,32). The van der Waals surface area contributed by atoms with Crippen LogP contribution >= 0.6 is 0 Å². The van der Waals surface area contributed by atoms with E-state index in [1.807, 2.05) is 28.9 Å². The second-order valence-electron chi connectivity index (χ2n) is 9.09. The molecule has 36 heavy (non-hydrogen) atoms. The number of anilines is 1. The van der Waals surface area contributed by atoms with Crippen LogP contribution < -0.4 is 4.90 Å². The van der Waals surface area contributed by atoms with Crippen molar-refractivity contribution in [2.24, 2.45) is 0 Å². The Hall–Kier alpha value is -3.69. The molecule has 0 bridgehead atoms. The van der Waals surface area contributed by atoms with E-state index in [0.717, 1.165) is 41.0 Å². The Morgan fingerprint density at radius 3 is 2.72 bits per heavy atom. The fraction of sp³-hybridized carbons (Fsp3) is 0.385. The zero-order valence-electron chi connectivity index (χ0n) is 19.8. The van der Waals surface area contributed by atoms with Crippen molar-refractivity contribution in [3.63, 3.8) is 0 Å². The molecule has 1 N–H and O–H groups in total. The highest BCUT2D eigenvalue weighted by molar-refractivity contribution is 5.96. The van der Waals surface area contributed by atoms with Gasteiger partial charge in [-0.25, -0.2) is 9.97 Å². The van der Waals surface area contributed by atoms with Crippen LogP contribution in [0, 0.1) is 0 Å². The molecule has 10 heteroatoms. The summed E-state index contributed by atoms with van der Waals surface area (Å²) in [6, 6.07) is 12.1. The Balaban J connectivity index is 1.39. The Bertz CT molecular complexity index is 1340. The van der Waals surface area contributed by atoms with Crippen molar-refractivity contribution in [3.05, 3.63) is 71.4 Å². The SMILES string of the molecule is O=C(CCCC(F)(F)F)c1nn(CCCc2ccccc2)c2c1CN(c1ncnc3[nH]ccc13)CC2. The summed E-state index contributed by atoms with van der Waals surface area (Å²) in [4.78, 5) is 26.9. The van der Waals surface area contributed by atoms with Crippen LogP contribution in [-0.4, -0.2) is 43.2 Å². The number of carbonyl (C=O) groups is 1. The van der Waals surface area contributed by atoms with Crippen LogP contribution in [0.4, 0.5) is 19.0 Å². The topological polar surface area (TPSA) is 79.7 Å². The maximum Gasteiger partial charge on any atom is 0.389 e. The fourth-order valence-corrected chi connectivity index (χ4v) is 4.84. The zero-order valence-corrected chi connectivity index (χ0v) is 19.8. The molecule has 4 heterocycles. The second-order valence-corrected chi connectivity index (χ2v) is 9.09. The molecule has 1 aliphatic heterocycles. The molecule has 0 fully saturated rings. The van der Waals surface area contributed by atoms with Crippen LogP contribution in [0.1, 0.15) is 53.0 Å². The largest absolute Gasteiger partial charge is 0.389 e. The fourth-order valence-electron chi connectivity index (χ4n) is 4.84. The first-order valence-corrected chi connectivity index (χ1v) is 12.1. The van der Waals surface area contributed by atoms with Crippen molar-refractivity contribution in [3.8, 4) is 0 Å². The van der Waals surface area contributed by atoms with Crippen molar-refractivity contribution in [1.82, 2.24) is 24.7 Å². The number of nitrogens with one attached hydrogen (secondary N) is 1. The summed E-state index contributed by atoms with van der Waals surface area (Å²) in [5, 5.41) is 5.52. The van der Waals surface area contributed by atoms with Gasteiger partial charge >= 0.3 is 6.18 Å². The molecule has 0 aliphatic carbocycles. The highest BCUT2D eigenvalue weighted by Crippen LogP contribution is 2.31. The van der Waals surface area contributed by atoms with Crippen molar-refractivity contribution >= 4 is 22.6 Å². The molecule has 1 aromatic carbocycles. The number of nitrogens with zero attached hydrogens (tertiary/aromatic N) is 5. The number of hydrogen-bond donors (Lipinski definition) is 1. The highest BCUT2D eigenvalue weighted by Gasteiger charge is 2.31. The molecular weight excluding hydrogens is 469 g/mol. The number of halogens is 3. The molecule has 3 aromatic heterocycles. The third-order valence-corrected chi connectivity index (χ3v) is 6.57.